The molecule has 0 bridgehead atoms. The monoisotopic (exact) mass is 244 g/mol. The van der Waals surface area contributed by atoms with Crippen LogP contribution < -0.4 is 0 Å². The summed E-state index contributed by atoms with van der Waals surface area (Å²) in [5.74, 6) is 0. The number of hydrogen-bond acceptors (Lipinski definition) is 0. The lowest BCUT2D eigenvalue weighted by Crippen LogP contribution is -1.85. The minimum absolute atomic E-state index is 1.03. The van der Waals surface area contributed by atoms with Gasteiger partial charge in [-0.2, -0.15) is 0 Å². The first-order valence-corrected chi connectivity index (χ1v) is 6.50. The lowest BCUT2D eigenvalue weighted by molar-refractivity contribution is 1.26. The van der Waals surface area contributed by atoms with Gasteiger partial charge in [-0.25, -0.2) is 0 Å². The molecule has 19 heavy (non-hydrogen) atoms. The summed E-state index contributed by atoms with van der Waals surface area (Å²) in [7, 11) is 0. The van der Waals surface area contributed by atoms with Crippen molar-refractivity contribution in [3.05, 3.63) is 90.5 Å². The van der Waals surface area contributed by atoms with Gasteiger partial charge in [-0.1, -0.05) is 73.9 Å². The van der Waals surface area contributed by atoms with Gasteiger partial charge in [0.25, 0.3) is 0 Å². The Morgan fingerprint density at radius 2 is 1.74 bits per heavy atom. The predicted octanol–water partition coefficient (Wildman–Crippen LogP) is 5.01. The average Bonchev–Trinajstić information content (AvgIpc) is 2.82. The summed E-state index contributed by atoms with van der Waals surface area (Å²) < 4.78 is 0. The smallest absolute Gasteiger partial charge is 0.00132 e. The van der Waals surface area contributed by atoms with Crippen molar-refractivity contribution in [2.75, 3.05) is 0 Å². The van der Waals surface area contributed by atoms with Gasteiger partial charge in [0.1, 0.15) is 0 Å². The van der Waals surface area contributed by atoms with Gasteiger partial charge < -0.3 is 0 Å². The van der Waals surface area contributed by atoms with E-state index >= 15 is 0 Å². The maximum Gasteiger partial charge on any atom is -0.00132 e. The van der Waals surface area contributed by atoms with E-state index in [1.54, 1.807) is 6.08 Å². The number of allylic oxidation sites excluding steroid dienone is 4. The summed E-state index contributed by atoms with van der Waals surface area (Å²) in [6.45, 7) is 7.63. The highest BCUT2D eigenvalue weighted by atomic mass is 14.2. The summed E-state index contributed by atoms with van der Waals surface area (Å²) in [6, 6.07) is 15.3. The molecule has 0 aromatic heterocycles. The Morgan fingerprint density at radius 1 is 0.947 bits per heavy atom. The standard InChI is InChI=1S/C19H16/c1-3-7-14(4-2)15-10-11-19-17(12-15)13-16-8-5-6-9-18(16)19/h3-12H,1-2,13H2/b14-7+. The number of hydrogen-bond donors (Lipinski definition) is 0. The normalized spacial score (nSPS) is 12.7. The molecule has 0 spiro atoms. The molecule has 0 atom stereocenters. The third kappa shape index (κ3) is 1.96. The van der Waals surface area contributed by atoms with Gasteiger partial charge in [-0.3, -0.25) is 0 Å². The average molecular weight is 244 g/mol. The molecule has 1 aliphatic carbocycles. The molecule has 0 nitrogen and oxygen atoms in total. The molecule has 0 unspecified atom stereocenters. The van der Waals surface area contributed by atoms with Crippen molar-refractivity contribution in [3.8, 4) is 11.1 Å². The second kappa shape index (κ2) is 4.74. The van der Waals surface area contributed by atoms with Crippen LogP contribution in [0.25, 0.3) is 16.7 Å². The lowest BCUT2D eigenvalue weighted by atomic mass is 9.99. The van der Waals surface area contributed by atoms with Crippen LogP contribution in [0.3, 0.4) is 0 Å². The Hall–Kier alpha value is -2.34. The molecule has 0 amide bonds. The molecule has 2 aromatic rings. The maximum atomic E-state index is 3.87. The van der Waals surface area contributed by atoms with Crippen molar-refractivity contribution >= 4 is 5.57 Å². The molecular weight excluding hydrogens is 228 g/mol. The Kier molecular flexibility index (Phi) is 2.92. The van der Waals surface area contributed by atoms with Crippen LogP contribution in [0.2, 0.25) is 0 Å². The molecule has 0 heterocycles. The van der Waals surface area contributed by atoms with E-state index in [9.17, 15) is 0 Å². The second-order valence-corrected chi connectivity index (χ2v) is 4.77. The fraction of sp³-hybridized carbons (Fsp3) is 0.0526. The third-order valence-corrected chi connectivity index (χ3v) is 3.64. The van der Waals surface area contributed by atoms with E-state index in [4.69, 9.17) is 0 Å². The molecule has 0 heteroatoms. The Balaban J connectivity index is 2.09. The van der Waals surface area contributed by atoms with Gasteiger partial charge in [0.15, 0.2) is 0 Å². The minimum atomic E-state index is 1.03. The molecule has 0 aliphatic heterocycles. The number of benzene rings is 2. The van der Waals surface area contributed by atoms with Crippen molar-refractivity contribution in [1.29, 1.82) is 0 Å². The molecule has 0 saturated heterocycles. The van der Waals surface area contributed by atoms with E-state index < -0.39 is 0 Å². The molecule has 2 aromatic carbocycles. The SMILES string of the molecule is C=C/C=C(\C=C)c1ccc2c(c1)Cc1ccccc1-2. The van der Waals surface area contributed by atoms with E-state index in [1.807, 2.05) is 12.2 Å². The quantitative estimate of drug-likeness (QED) is 0.568. The fourth-order valence-corrected chi connectivity index (χ4v) is 2.73. The first kappa shape index (κ1) is 11.7. The molecule has 0 N–H and O–H groups in total. The third-order valence-electron chi connectivity index (χ3n) is 3.64. The Bertz CT molecular complexity index is 687. The van der Waals surface area contributed by atoms with Crippen molar-refractivity contribution in [2.45, 2.75) is 6.42 Å². The van der Waals surface area contributed by atoms with Crippen molar-refractivity contribution in [3.63, 3.8) is 0 Å². The number of fused-ring (bicyclic) bond motifs is 3. The van der Waals surface area contributed by atoms with E-state index in [0.717, 1.165) is 12.0 Å². The van der Waals surface area contributed by atoms with Gasteiger partial charge in [0.05, 0.1) is 0 Å². The first-order chi connectivity index (χ1) is 9.33. The van der Waals surface area contributed by atoms with E-state index in [2.05, 4.69) is 55.6 Å². The molecule has 3 rings (SSSR count). The zero-order valence-corrected chi connectivity index (χ0v) is 10.9. The summed E-state index contributed by atoms with van der Waals surface area (Å²) in [4.78, 5) is 0. The molecule has 0 fully saturated rings. The van der Waals surface area contributed by atoms with E-state index in [-0.39, 0.29) is 0 Å². The second-order valence-electron chi connectivity index (χ2n) is 4.77. The van der Waals surface area contributed by atoms with Crippen LogP contribution in [0, 0.1) is 0 Å². The largest absolute Gasteiger partial charge is 0.0990 e. The highest BCUT2D eigenvalue weighted by Gasteiger charge is 2.17. The van der Waals surface area contributed by atoms with Gasteiger partial charge in [-0.05, 0) is 39.8 Å². The van der Waals surface area contributed by atoms with Crippen molar-refractivity contribution in [1.82, 2.24) is 0 Å². The van der Waals surface area contributed by atoms with Crippen LogP contribution in [0.5, 0.6) is 0 Å². The van der Waals surface area contributed by atoms with Crippen LogP contribution in [-0.2, 0) is 6.42 Å². The maximum absolute atomic E-state index is 3.87. The zero-order chi connectivity index (χ0) is 13.2. The highest BCUT2D eigenvalue weighted by molar-refractivity contribution is 5.81. The predicted molar refractivity (Wildman–Crippen MR) is 83.1 cm³/mol. The van der Waals surface area contributed by atoms with Crippen LogP contribution in [0.1, 0.15) is 16.7 Å². The van der Waals surface area contributed by atoms with Crippen LogP contribution in [0.4, 0.5) is 0 Å². The molecule has 92 valence electrons. The zero-order valence-electron chi connectivity index (χ0n) is 10.9. The first-order valence-electron chi connectivity index (χ1n) is 6.50. The molecule has 0 saturated carbocycles. The topological polar surface area (TPSA) is 0 Å². The summed E-state index contributed by atoms with van der Waals surface area (Å²) in [5, 5.41) is 0. The Labute approximate surface area is 114 Å². The van der Waals surface area contributed by atoms with Crippen molar-refractivity contribution < 1.29 is 0 Å². The minimum Gasteiger partial charge on any atom is -0.0990 e. The van der Waals surface area contributed by atoms with Crippen LogP contribution >= 0.6 is 0 Å². The van der Waals surface area contributed by atoms with Gasteiger partial charge in [0, 0.05) is 0 Å². The fourth-order valence-electron chi connectivity index (χ4n) is 2.73. The van der Waals surface area contributed by atoms with Crippen molar-refractivity contribution in [2.24, 2.45) is 0 Å². The Morgan fingerprint density at radius 3 is 2.53 bits per heavy atom. The molecular formula is C19H16. The van der Waals surface area contributed by atoms with Gasteiger partial charge in [0.2, 0.25) is 0 Å². The highest BCUT2D eigenvalue weighted by Crippen LogP contribution is 2.37. The summed E-state index contributed by atoms with van der Waals surface area (Å²) in [6.07, 6.45) is 6.71. The lowest BCUT2D eigenvalue weighted by Gasteiger charge is -2.06. The van der Waals surface area contributed by atoms with E-state index in [1.165, 1.54) is 27.8 Å². The van der Waals surface area contributed by atoms with E-state index in [0.29, 0.717) is 0 Å². The van der Waals surface area contributed by atoms with Crippen LogP contribution in [0.15, 0.2) is 73.9 Å². The molecule has 1 aliphatic rings. The van der Waals surface area contributed by atoms with Gasteiger partial charge >= 0.3 is 0 Å². The van der Waals surface area contributed by atoms with Gasteiger partial charge in [-0.15, -0.1) is 0 Å². The number of rotatable bonds is 3. The summed E-state index contributed by atoms with van der Waals surface area (Å²) in [5.41, 5.74) is 7.88. The van der Waals surface area contributed by atoms with Crippen LogP contribution in [-0.4, -0.2) is 0 Å². The molecule has 0 radical (unpaired) electrons. The summed E-state index contributed by atoms with van der Waals surface area (Å²) >= 11 is 0.